The van der Waals surface area contributed by atoms with E-state index in [0.717, 1.165) is 18.8 Å². The minimum absolute atomic E-state index is 0.462. The van der Waals surface area contributed by atoms with Gasteiger partial charge in [-0.3, -0.25) is 0 Å². The minimum Gasteiger partial charge on any atom is -0.373 e. The zero-order chi connectivity index (χ0) is 11.3. The molecule has 0 saturated heterocycles. The molecule has 0 N–H and O–H groups in total. The summed E-state index contributed by atoms with van der Waals surface area (Å²) >= 11 is 0. The molecule has 0 aliphatic heterocycles. The Morgan fingerprint density at radius 3 is 2.67 bits per heavy atom. The number of pyridine rings is 1. The molecular weight excluding hydrogens is 188 g/mol. The first-order chi connectivity index (χ1) is 7.13. The summed E-state index contributed by atoms with van der Waals surface area (Å²) in [6.45, 7) is 1.92. The Labute approximate surface area is 90.8 Å². The van der Waals surface area contributed by atoms with Crippen LogP contribution in [0, 0.1) is 11.3 Å². The number of aromatic nitrogens is 1. The van der Waals surface area contributed by atoms with Crippen LogP contribution in [0.3, 0.4) is 0 Å². The van der Waals surface area contributed by atoms with E-state index in [0.29, 0.717) is 5.69 Å². The Bertz CT molecular complexity index is 354. The lowest BCUT2D eigenvalue weighted by Gasteiger charge is -2.21. The quantitative estimate of drug-likeness (QED) is 0.732. The first-order valence-electron chi connectivity index (χ1n) is 4.85. The van der Waals surface area contributed by atoms with Crippen LogP contribution in [0.15, 0.2) is 18.3 Å². The Balaban J connectivity index is 2.65. The largest absolute Gasteiger partial charge is 0.373 e. The summed E-state index contributed by atoms with van der Waals surface area (Å²) in [5.74, 6) is 0. The molecule has 1 aromatic rings. The van der Waals surface area contributed by atoms with Gasteiger partial charge in [0.15, 0.2) is 0 Å². The maximum atomic E-state index is 8.72. The average Bonchev–Trinajstić information content (AvgIpc) is 2.26. The summed E-state index contributed by atoms with van der Waals surface area (Å²) in [4.78, 5) is 8.18. The van der Waals surface area contributed by atoms with E-state index >= 15 is 0 Å². The number of nitriles is 1. The fraction of sp³-hybridized carbons (Fsp3) is 0.455. The van der Waals surface area contributed by atoms with Crippen LogP contribution in [0.4, 0.5) is 5.69 Å². The van der Waals surface area contributed by atoms with Crippen LogP contribution in [0.5, 0.6) is 0 Å². The van der Waals surface area contributed by atoms with Gasteiger partial charge in [0, 0.05) is 32.0 Å². The summed E-state index contributed by atoms with van der Waals surface area (Å²) in [5.41, 5.74) is 1.49. The second-order valence-electron chi connectivity index (χ2n) is 3.74. The molecule has 4 heteroatoms. The standard InChI is InChI=1S/C11H16N4/c1-14(2)6-7-15(3)11-4-5-13-10(8-11)9-12/h4-5,8H,6-7H2,1-3H3. The molecule has 0 aromatic carbocycles. The maximum Gasteiger partial charge on any atom is 0.142 e. The van der Waals surface area contributed by atoms with Crippen molar-refractivity contribution in [3.8, 4) is 6.07 Å². The lowest BCUT2D eigenvalue weighted by Crippen LogP contribution is -2.28. The summed E-state index contributed by atoms with van der Waals surface area (Å²) in [7, 11) is 6.10. The Kier molecular flexibility index (Phi) is 4.07. The van der Waals surface area contributed by atoms with Crippen LogP contribution in [-0.2, 0) is 0 Å². The van der Waals surface area contributed by atoms with Crippen molar-refractivity contribution in [1.82, 2.24) is 9.88 Å². The van der Waals surface area contributed by atoms with Gasteiger partial charge in [0.2, 0.25) is 0 Å². The van der Waals surface area contributed by atoms with Crippen molar-refractivity contribution in [3.63, 3.8) is 0 Å². The van der Waals surface area contributed by atoms with Gasteiger partial charge in [0.1, 0.15) is 11.8 Å². The number of nitrogens with zero attached hydrogens (tertiary/aromatic N) is 4. The Hall–Kier alpha value is -1.60. The highest BCUT2D eigenvalue weighted by Crippen LogP contribution is 2.11. The van der Waals surface area contributed by atoms with E-state index in [-0.39, 0.29) is 0 Å². The highest BCUT2D eigenvalue weighted by atomic mass is 15.2. The molecule has 15 heavy (non-hydrogen) atoms. The van der Waals surface area contributed by atoms with Gasteiger partial charge in [-0.1, -0.05) is 0 Å². The molecule has 80 valence electrons. The molecule has 0 saturated carbocycles. The molecule has 0 fully saturated rings. The third kappa shape index (κ3) is 3.56. The number of anilines is 1. The fourth-order valence-corrected chi connectivity index (χ4v) is 1.20. The van der Waals surface area contributed by atoms with Crippen molar-refractivity contribution in [1.29, 1.82) is 5.26 Å². The molecule has 1 rings (SSSR count). The van der Waals surface area contributed by atoms with Crippen LogP contribution in [-0.4, -0.2) is 44.1 Å². The molecule has 0 radical (unpaired) electrons. The monoisotopic (exact) mass is 204 g/mol. The zero-order valence-electron chi connectivity index (χ0n) is 9.44. The summed E-state index contributed by atoms with van der Waals surface area (Å²) in [6.07, 6.45) is 1.67. The fourth-order valence-electron chi connectivity index (χ4n) is 1.20. The second-order valence-corrected chi connectivity index (χ2v) is 3.74. The Morgan fingerprint density at radius 2 is 2.07 bits per heavy atom. The van der Waals surface area contributed by atoms with Gasteiger partial charge in [-0.2, -0.15) is 5.26 Å². The molecule has 4 nitrogen and oxygen atoms in total. The third-order valence-corrected chi connectivity index (χ3v) is 2.18. The van der Waals surface area contributed by atoms with Crippen LogP contribution >= 0.6 is 0 Å². The number of likely N-dealkylation sites (N-methyl/N-ethyl adjacent to an activating group) is 2. The first kappa shape index (κ1) is 11.5. The van der Waals surface area contributed by atoms with Crippen molar-refractivity contribution in [2.45, 2.75) is 0 Å². The first-order valence-corrected chi connectivity index (χ1v) is 4.85. The highest BCUT2D eigenvalue weighted by Gasteiger charge is 2.02. The van der Waals surface area contributed by atoms with E-state index in [9.17, 15) is 0 Å². The van der Waals surface area contributed by atoms with E-state index in [4.69, 9.17) is 5.26 Å². The van der Waals surface area contributed by atoms with Crippen molar-refractivity contribution in [2.24, 2.45) is 0 Å². The van der Waals surface area contributed by atoms with Gasteiger partial charge in [-0.25, -0.2) is 4.98 Å². The lowest BCUT2D eigenvalue weighted by molar-refractivity contribution is 0.416. The predicted molar refractivity (Wildman–Crippen MR) is 60.8 cm³/mol. The number of hydrogen-bond acceptors (Lipinski definition) is 4. The molecule has 0 unspecified atom stereocenters. The molecule has 1 heterocycles. The molecule has 1 aromatic heterocycles. The minimum atomic E-state index is 0.462. The maximum absolute atomic E-state index is 8.72. The van der Waals surface area contributed by atoms with Gasteiger partial charge >= 0.3 is 0 Å². The van der Waals surface area contributed by atoms with Gasteiger partial charge in [-0.05, 0) is 26.2 Å². The molecular formula is C11H16N4. The van der Waals surface area contributed by atoms with Crippen molar-refractivity contribution < 1.29 is 0 Å². The third-order valence-electron chi connectivity index (χ3n) is 2.18. The topological polar surface area (TPSA) is 43.2 Å². The van der Waals surface area contributed by atoms with Gasteiger partial charge in [0.05, 0.1) is 0 Å². The van der Waals surface area contributed by atoms with Crippen molar-refractivity contribution in [3.05, 3.63) is 24.0 Å². The van der Waals surface area contributed by atoms with Crippen LogP contribution in [0.1, 0.15) is 5.69 Å². The molecule has 0 atom stereocenters. The number of hydrogen-bond donors (Lipinski definition) is 0. The van der Waals surface area contributed by atoms with E-state index in [1.165, 1.54) is 0 Å². The van der Waals surface area contributed by atoms with Crippen LogP contribution < -0.4 is 4.90 Å². The number of rotatable bonds is 4. The average molecular weight is 204 g/mol. The zero-order valence-corrected chi connectivity index (χ0v) is 9.44. The smallest absolute Gasteiger partial charge is 0.142 e. The summed E-state index contributed by atoms with van der Waals surface area (Å²) < 4.78 is 0. The second kappa shape index (κ2) is 5.32. The van der Waals surface area contributed by atoms with Gasteiger partial charge < -0.3 is 9.80 Å². The van der Waals surface area contributed by atoms with E-state index in [2.05, 4.69) is 14.8 Å². The van der Waals surface area contributed by atoms with E-state index < -0.39 is 0 Å². The molecule has 0 aliphatic carbocycles. The van der Waals surface area contributed by atoms with Crippen LogP contribution in [0.25, 0.3) is 0 Å². The molecule has 0 aliphatic rings. The van der Waals surface area contributed by atoms with E-state index in [1.54, 1.807) is 12.3 Å². The molecule has 0 spiro atoms. The predicted octanol–water partition coefficient (Wildman–Crippen LogP) is 0.951. The Morgan fingerprint density at radius 1 is 1.33 bits per heavy atom. The SMILES string of the molecule is CN(C)CCN(C)c1ccnc(C#N)c1. The van der Waals surface area contributed by atoms with Crippen molar-refractivity contribution >= 4 is 5.69 Å². The highest BCUT2D eigenvalue weighted by molar-refractivity contribution is 5.47. The molecule has 0 amide bonds. The normalized spacial score (nSPS) is 10.1. The summed E-state index contributed by atoms with van der Waals surface area (Å²) in [5, 5.41) is 8.72. The van der Waals surface area contributed by atoms with Crippen molar-refractivity contribution in [2.75, 3.05) is 39.1 Å². The van der Waals surface area contributed by atoms with Gasteiger partial charge in [0.25, 0.3) is 0 Å². The summed E-state index contributed by atoms with van der Waals surface area (Å²) in [6, 6.07) is 5.75. The van der Waals surface area contributed by atoms with E-state index in [1.807, 2.05) is 33.3 Å². The van der Waals surface area contributed by atoms with Gasteiger partial charge in [-0.15, -0.1) is 0 Å². The van der Waals surface area contributed by atoms with Crippen LogP contribution in [0.2, 0.25) is 0 Å². The lowest BCUT2D eigenvalue weighted by atomic mass is 10.3. The molecule has 0 bridgehead atoms.